The zero-order valence-corrected chi connectivity index (χ0v) is 4.52. The summed E-state index contributed by atoms with van der Waals surface area (Å²) in [5, 5.41) is 8.08. The van der Waals surface area contributed by atoms with Gasteiger partial charge in [0.25, 0.3) is 0 Å². The van der Waals surface area contributed by atoms with E-state index in [2.05, 4.69) is 24.6 Å². The molecule has 0 aromatic rings. The van der Waals surface area contributed by atoms with Gasteiger partial charge in [-0.1, -0.05) is 0 Å². The molecule has 0 amide bonds. The fourth-order valence-corrected chi connectivity index (χ4v) is 0. The van der Waals surface area contributed by atoms with Gasteiger partial charge in [0, 0.05) is 0 Å². The Balaban J connectivity index is 0. The van der Waals surface area contributed by atoms with Crippen molar-refractivity contribution in [3.8, 4) is 0 Å². The normalized spacial score (nSPS) is 9.14. The van der Waals surface area contributed by atoms with E-state index >= 15 is 0 Å². The minimum Gasteiger partial charge on any atom is -0.364 e. The van der Waals surface area contributed by atoms with Gasteiger partial charge < -0.3 is 5.11 Å². The van der Waals surface area contributed by atoms with Crippen LogP contribution in [-0.4, -0.2) is 11.0 Å². The number of nitrogens with two attached hydrogens (primary N) is 2. The fraction of sp³-hybridized carbons (Fsp3) is 0.500. The summed E-state index contributed by atoms with van der Waals surface area (Å²) in [5.74, 6) is -1.50. The molecule has 0 fully saturated rings. The number of aliphatic hydroxyl groups is 1. The van der Waals surface area contributed by atoms with Gasteiger partial charge in [-0.15, -0.1) is 13.2 Å². The Labute approximate surface area is 43.6 Å². The zero-order valence-electron chi connectivity index (χ0n) is 4.52. The summed E-state index contributed by atoms with van der Waals surface area (Å²) >= 11 is 0. The lowest BCUT2D eigenvalue weighted by atomic mass is 10.6. The van der Waals surface area contributed by atoms with Crippen LogP contribution in [0.2, 0.25) is 0 Å². The molecule has 0 aromatic heterocycles. The van der Waals surface area contributed by atoms with E-state index in [0.29, 0.717) is 0 Å². The highest BCUT2D eigenvalue weighted by molar-refractivity contribution is 4.44. The highest BCUT2D eigenvalue weighted by Crippen LogP contribution is 1.69. The van der Waals surface area contributed by atoms with E-state index in [0.717, 1.165) is 0 Å². The monoisotopic (exact) mass is 104 g/mol. The summed E-state index contributed by atoms with van der Waals surface area (Å²) in [6, 6.07) is 0. The molecule has 0 aliphatic carbocycles. The smallest absolute Gasteiger partial charge is 0.163 e. The van der Waals surface area contributed by atoms with Gasteiger partial charge in [0.2, 0.25) is 0 Å². The third-order valence-electron chi connectivity index (χ3n) is 0. The first-order valence-electron chi connectivity index (χ1n) is 1.80. The number of hydrogen-bond acceptors (Lipinski definition) is 3. The quantitative estimate of drug-likeness (QED) is 0.283. The molecule has 0 saturated carbocycles. The molecule has 0 bridgehead atoms. The molecule has 0 heterocycles. The minimum atomic E-state index is -1.50. The Kier molecular flexibility index (Phi) is 5.31. The summed E-state index contributed by atoms with van der Waals surface area (Å²) < 4.78 is 0. The topological polar surface area (TPSA) is 72.3 Å². The molecule has 0 atom stereocenters. The predicted octanol–water partition coefficient (Wildman–Crippen LogP) is -0.628. The van der Waals surface area contributed by atoms with Gasteiger partial charge >= 0.3 is 0 Å². The van der Waals surface area contributed by atoms with E-state index in [4.69, 9.17) is 5.11 Å². The van der Waals surface area contributed by atoms with E-state index in [1.807, 2.05) is 0 Å². The molecule has 5 N–H and O–H groups in total. The minimum absolute atomic E-state index is 1.30. The van der Waals surface area contributed by atoms with Crippen LogP contribution in [0.4, 0.5) is 0 Å². The molecular formula is C4H12N2O. The summed E-state index contributed by atoms with van der Waals surface area (Å²) in [7, 11) is 0. The fourth-order valence-electron chi connectivity index (χ4n) is 0. The van der Waals surface area contributed by atoms with Gasteiger partial charge in [-0.25, -0.2) is 0 Å². The summed E-state index contributed by atoms with van der Waals surface area (Å²) in [6.45, 7) is 7.30. The van der Waals surface area contributed by atoms with Crippen molar-refractivity contribution < 1.29 is 5.11 Å². The average molecular weight is 104 g/mol. The lowest BCUT2D eigenvalue weighted by Crippen LogP contribution is -2.45. The van der Waals surface area contributed by atoms with Crippen LogP contribution < -0.4 is 11.5 Å². The third kappa shape index (κ3) is 510. The molecule has 0 unspecified atom stereocenters. The third-order valence-corrected chi connectivity index (χ3v) is 0. The summed E-state index contributed by atoms with van der Waals surface area (Å²) in [4.78, 5) is 0. The van der Waals surface area contributed by atoms with Crippen LogP contribution in [0.5, 0.6) is 0 Å². The van der Waals surface area contributed by atoms with Crippen molar-refractivity contribution in [3.63, 3.8) is 0 Å². The first-order chi connectivity index (χ1) is 3.00. The Morgan fingerprint density at radius 1 is 1.43 bits per heavy atom. The molecule has 0 aromatic carbocycles. The van der Waals surface area contributed by atoms with Crippen molar-refractivity contribution >= 4 is 0 Å². The first-order valence-corrected chi connectivity index (χ1v) is 1.80. The van der Waals surface area contributed by atoms with Crippen molar-refractivity contribution in [1.82, 2.24) is 0 Å². The highest BCUT2D eigenvalue weighted by Gasteiger charge is 1.98. The Bertz CT molecular complexity index is 33.4. The second kappa shape index (κ2) is 3.80. The van der Waals surface area contributed by atoms with E-state index in [9.17, 15) is 0 Å². The van der Waals surface area contributed by atoms with Crippen molar-refractivity contribution in [1.29, 1.82) is 0 Å². The van der Waals surface area contributed by atoms with Crippen LogP contribution in [-0.2, 0) is 0 Å². The molecule has 7 heavy (non-hydrogen) atoms. The van der Waals surface area contributed by atoms with Crippen LogP contribution >= 0.6 is 0 Å². The van der Waals surface area contributed by atoms with Crippen molar-refractivity contribution in [3.05, 3.63) is 13.2 Å². The maximum Gasteiger partial charge on any atom is 0.163 e. The van der Waals surface area contributed by atoms with Crippen molar-refractivity contribution in [2.24, 2.45) is 11.5 Å². The van der Waals surface area contributed by atoms with Crippen LogP contribution in [0.3, 0.4) is 0 Å². The zero-order chi connectivity index (χ0) is 6.50. The molecule has 44 valence electrons. The van der Waals surface area contributed by atoms with E-state index in [1.165, 1.54) is 6.92 Å². The van der Waals surface area contributed by atoms with E-state index in [1.54, 1.807) is 0 Å². The molecule has 0 aliphatic heterocycles. The molecule has 0 rings (SSSR count). The van der Waals surface area contributed by atoms with Gasteiger partial charge in [0.1, 0.15) is 0 Å². The lowest BCUT2D eigenvalue weighted by molar-refractivity contribution is 0.0747. The van der Waals surface area contributed by atoms with E-state index in [-0.39, 0.29) is 0 Å². The molecule has 0 saturated heterocycles. The van der Waals surface area contributed by atoms with Gasteiger partial charge in [-0.3, -0.25) is 11.5 Å². The molecule has 0 aliphatic rings. The standard InChI is InChI=1S/C2H8N2O.C2H4/c1-2(3,4)5;1-2/h5H,3-4H2,1H3;1-2H2. The second-order valence-electron chi connectivity index (χ2n) is 1.23. The van der Waals surface area contributed by atoms with Crippen LogP contribution in [0.25, 0.3) is 0 Å². The van der Waals surface area contributed by atoms with Crippen LogP contribution in [0.15, 0.2) is 13.2 Å². The molecular weight excluding hydrogens is 92.1 g/mol. The molecule has 0 radical (unpaired) electrons. The molecule has 3 nitrogen and oxygen atoms in total. The van der Waals surface area contributed by atoms with Gasteiger partial charge in [-0.2, -0.15) is 0 Å². The number of hydrogen-bond donors (Lipinski definition) is 3. The molecule has 0 spiro atoms. The first kappa shape index (κ1) is 9.80. The van der Waals surface area contributed by atoms with E-state index < -0.39 is 5.85 Å². The highest BCUT2D eigenvalue weighted by atomic mass is 16.3. The number of rotatable bonds is 0. The summed E-state index contributed by atoms with van der Waals surface area (Å²) in [6.07, 6.45) is 0. The Morgan fingerprint density at radius 3 is 1.43 bits per heavy atom. The lowest BCUT2D eigenvalue weighted by Gasteiger charge is -2.05. The SMILES string of the molecule is C=C.CC(N)(N)O. The van der Waals surface area contributed by atoms with Gasteiger partial charge in [0.05, 0.1) is 0 Å². The Morgan fingerprint density at radius 2 is 1.43 bits per heavy atom. The van der Waals surface area contributed by atoms with Crippen LogP contribution in [0, 0.1) is 0 Å². The molecule has 3 heteroatoms. The maximum absolute atomic E-state index is 8.08. The van der Waals surface area contributed by atoms with Crippen molar-refractivity contribution in [2.75, 3.05) is 0 Å². The maximum atomic E-state index is 8.08. The predicted molar refractivity (Wildman–Crippen MR) is 30.3 cm³/mol. The van der Waals surface area contributed by atoms with Gasteiger partial charge in [0.15, 0.2) is 5.85 Å². The average Bonchev–Trinajstić information content (AvgIpc) is 1.36. The summed E-state index contributed by atoms with van der Waals surface area (Å²) in [5.41, 5.74) is 9.38. The Hall–Kier alpha value is -0.380. The van der Waals surface area contributed by atoms with Crippen molar-refractivity contribution in [2.45, 2.75) is 12.8 Å². The second-order valence-corrected chi connectivity index (χ2v) is 1.23. The van der Waals surface area contributed by atoms with Gasteiger partial charge in [-0.05, 0) is 6.92 Å². The largest absolute Gasteiger partial charge is 0.364 e. The van der Waals surface area contributed by atoms with Crippen LogP contribution in [0.1, 0.15) is 6.92 Å².